The molecule has 5 aromatic rings. The van der Waals surface area contributed by atoms with Crippen LogP contribution in [0.1, 0.15) is 5.56 Å². The third kappa shape index (κ3) is 2.92. The fourth-order valence-electron chi connectivity index (χ4n) is 3.47. The van der Waals surface area contributed by atoms with E-state index in [1.165, 1.54) is 6.07 Å². The lowest BCUT2D eigenvalue weighted by atomic mass is 9.96. The first-order valence-electron chi connectivity index (χ1n) is 8.91. The molecule has 6 nitrogen and oxygen atoms in total. The molecule has 0 saturated carbocycles. The largest absolute Gasteiger partial charge is 0.346 e. The summed E-state index contributed by atoms with van der Waals surface area (Å²) in [5.41, 5.74) is 4.14. The Morgan fingerprint density at radius 2 is 1.87 bits per heavy atom. The van der Waals surface area contributed by atoms with Crippen molar-refractivity contribution >= 4 is 45.1 Å². The highest BCUT2D eigenvalue weighted by Crippen LogP contribution is 2.37. The van der Waals surface area contributed by atoms with Crippen LogP contribution in [0.15, 0.2) is 59.5 Å². The molecule has 0 aliphatic heterocycles. The molecule has 144 valence electrons. The van der Waals surface area contributed by atoms with E-state index in [4.69, 9.17) is 28.2 Å². The van der Waals surface area contributed by atoms with E-state index in [2.05, 4.69) is 21.3 Å². The van der Waals surface area contributed by atoms with Crippen LogP contribution in [0.3, 0.4) is 0 Å². The quantitative estimate of drug-likeness (QED) is 0.395. The first-order valence-corrected chi connectivity index (χ1v) is 9.67. The minimum absolute atomic E-state index is 0.150. The zero-order chi connectivity index (χ0) is 20.8. The Morgan fingerprint density at radius 1 is 1.00 bits per heavy atom. The number of aromatic nitrogens is 4. The van der Waals surface area contributed by atoms with Gasteiger partial charge in [0.15, 0.2) is 5.43 Å². The van der Waals surface area contributed by atoms with Gasteiger partial charge in [-0.05, 0) is 35.9 Å². The molecule has 0 radical (unpaired) electrons. The van der Waals surface area contributed by atoms with Gasteiger partial charge in [0.2, 0.25) is 0 Å². The molecular formula is C22H11Cl2N5O. The molecule has 8 heteroatoms. The number of hydrogen-bond donors (Lipinski definition) is 2. The average Bonchev–Trinajstić information content (AvgIpc) is 3.14. The number of H-pyrrole nitrogens is 2. The van der Waals surface area contributed by atoms with Crippen LogP contribution in [0, 0.1) is 11.3 Å². The van der Waals surface area contributed by atoms with Gasteiger partial charge in [0.25, 0.3) is 0 Å². The molecule has 5 rings (SSSR count). The molecule has 0 unspecified atom stereocenters. The highest BCUT2D eigenvalue weighted by Gasteiger charge is 2.17. The van der Waals surface area contributed by atoms with Crippen molar-refractivity contribution in [2.75, 3.05) is 0 Å². The smallest absolute Gasteiger partial charge is 0.191 e. The lowest BCUT2D eigenvalue weighted by molar-refractivity contribution is 1.12. The van der Waals surface area contributed by atoms with E-state index >= 15 is 0 Å². The van der Waals surface area contributed by atoms with E-state index in [0.717, 1.165) is 11.1 Å². The molecule has 0 saturated heterocycles. The fourth-order valence-corrected chi connectivity index (χ4v) is 3.92. The van der Waals surface area contributed by atoms with Crippen molar-refractivity contribution in [1.82, 2.24) is 20.2 Å². The van der Waals surface area contributed by atoms with Crippen molar-refractivity contribution in [1.29, 1.82) is 5.26 Å². The minimum atomic E-state index is -0.150. The summed E-state index contributed by atoms with van der Waals surface area (Å²) in [5, 5.41) is 18.1. The van der Waals surface area contributed by atoms with Gasteiger partial charge in [-0.2, -0.15) is 10.4 Å². The fraction of sp³-hybridized carbons (Fsp3) is 0. The minimum Gasteiger partial charge on any atom is -0.346 e. The molecule has 2 N–H and O–H groups in total. The monoisotopic (exact) mass is 431 g/mol. The zero-order valence-corrected chi connectivity index (χ0v) is 16.7. The summed E-state index contributed by atoms with van der Waals surface area (Å²) in [5.74, 6) is 0. The molecule has 0 bridgehead atoms. The highest BCUT2D eigenvalue weighted by atomic mass is 35.5. The molecule has 0 aliphatic carbocycles. The van der Waals surface area contributed by atoms with E-state index in [1.54, 1.807) is 36.5 Å². The van der Waals surface area contributed by atoms with Gasteiger partial charge >= 0.3 is 0 Å². The Hall–Kier alpha value is -3.66. The predicted molar refractivity (Wildman–Crippen MR) is 118 cm³/mol. The number of nitriles is 1. The number of halogens is 2. The molecule has 2 aromatic carbocycles. The number of rotatable bonds is 2. The Morgan fingerprint density at radius 3 is 2.70 bits per heavy atom. The van der Waals surface area contributed by atoms with Crippen molar-refractivity contribution < 1.29 is 0 Å². The van der Waals surface area contributed by atoms with Gasteiger partial charge in [0.1, 0.15) is 16.3 Å². The van der Waals surface area contributed by atoms with Gasteiger partial charge < -0.3 is 4.98 Å². The summed E-state index contributed by atoms with van der Waals surface area (Å²) in [6, 6.07) is 16.1. The number of nitrogens with zero attached hydrogens (tertiary/aromatic N) is 3. The first-order chi connectivity index (χ1) is 14.5. The topological polar surface area (TPSA) is 98.2 Å². The molecule has 0 aliphatic rings. The zero-order valence-electron chi connectivity index (χ0n) is 15.2. The maximum atomic E-state index is 12.4. The molecular weight excluding hydrogens is 421 g/mol. The summed E-state index contributed by atoms with van der Waals surface area (Å²) in [6.45, 7) is 0. The van der Waals surface area contributed by atoms with Crippen LogP contribution < -0.4 is 5.43 Å². The molecule has 3 heterocycles. The van der Waals surface area contributed by atoms with Gasteiger partial charge in [-0.15, -0.1) is 0 Å². The van der Waals surface area contributed by atoms with Gasteiger partial charge in [-0.3, -0.25) is 9.89 Å². The van der Waals surface area contributed by atoms with Crippen molar-refractivity contribution in [2.24, 2.45) is 0 Å². The van der Waals surface area contributed by atoms with Crippen LogP contribution in [0.2, 0.25) is 10.2 Å². The lowest BCUT2D eigenvalue weighted by Crippen LogP contribution is -2.03. The highest BCUT2D eigenvalue weighted by molar-refractivity contribution is 6.39. The van der Waals surface area contributed by atoms with Gasteiger partial charge in [-0.25, -0.2) is 4.98 Å². The normalized spacial score (nSPS) is 11.1. The Balaban J connectivity index is 1.88. The van der Waals surface area contributed by atoms with E-state index in [-0.39, 0.29) is 5.43 Å². The second kappa shape index (κ2) is 6.99. The number of hydrogen-bond acceptors (Lipinski definition) is 4. The molecule has 3 aromatic heterocycles. The second-order valence-corrected chi connectivity index (χ2v) is 7.49. The first kappa shape index (κ1) is 18.4. The van der Waals surface area contributed by atoms with E-state index < -0.39 is 0 Å². The summed E-state index contributed by atoms with van der Waals surface area (Å²) < 4.78 is 0. The average molecular weight is 432 g/mol. The van der Waals surface area contributed by atoms with E-state index in [0.29, 0.717) is 48.9 Å². The number of benzene rings is 2. The van der Waals surface area contributed by atoms with Crippen molar-refractivity contribution in [3.05, 3.63) is 80.7 Å². The third-order valence-corrected chi connectivity index (χ3v) is 5.46. The summed E-state index contributed by atoms with van der Waals surface area (Å²) in [4.78, 5) is 20.2. The van der Waals surface area contributed by atoms with Crippen LogP contribution in [-0.2, 0) is 0 Å². The maximum absolute atomic E-state index is 12.4. The van der Waals surface area contributed by atoms with Crippen molar-refractivity contribution in [2.45, 2.75) is 0 Å². The molecule has 0 spiro atoms. The Labute approximate surface area is 179 Å². The lowest BCUT2D eigenvalue weighted by Gasteiger charge is -2.12. The number of aromatic amines is 2. The Bertz CT molecular complexity index is 1560. The van der Waals surface area contributed by atoms with Gasteiger partial charge in [0, 0.05) is 28.8 Å². The number of fused-ring (bicyclic) bond motifs is 2. The summed E-state index contributed by atoms with van der Waals surface area (Å²) in [7, 11) is 0. The number of pyridine rings is 2. The predicted octanol–water partition coefficient (Wildman–Crippen LogP) is 5.31. The van der Waals surface area contributed by atoms with Crippen LogP contribution in [0.5, 0.6) is 0 Å². The van der Waals surface area contributed by atoms with E-state index in [9.17, 15) is 10.1 Å². The van der Waals surface area contributed by atoms with Crippen molar-refractivity contribution in [3.63, 3.8) is 0 Å². The van der Waals surface area contributed by atoms with Crippen LogP contribution in [0.25, 0.3) is 44.3 Å². The van der Waals surface area contributed by atoms with Crippen LogP contribution >= 0.6 is 23.2 Å². The van der Waals surface area contributed by atoms with Gasteiger partial charge in [-0.1, -0.05) is 35.3 Å². The Kier molecular flexibility index (Phi) is 4.28. The third-order valence-electron chi connectivity index (χ3n) is 4.88. The molecule has 0 amide bonds. The van der Waals surface area contributed by atoms with Crippen LogP contribution in [-0.4, -0.2) is 20.2 Å². The molecule has 0 fully saturated rings. The van der Waals surface area contributed by atoms with Gasteiger partial charge in [0.05, 0.1) is 27.7 Å². The van der Waals surface area contributed by atoms with E-state index in [1.807, 2.05) is 12.1 Å². The summed E-state index contributed by atoms with van der Waals surface area (Å²) >= 11 is 12.7. The SMILES string of the molecule is N#Cc1cccc(-c2nc3[nH]ccc(=O)c3cc2-c2cc(Cl)c3n[nH]c(Cl)c3c2)c1. The molecule has 30 heavy (non-hydrogen) atoms. The maximum Gasteiger partial charge on any atom is 0.191 e. The molecule has 0 atom stereocenters. The number of nitrogens with one attached hydrogen (secondary N) is 2. The van der Waals surface area contributed by atoms with Crippen LogP contribution in [0.4, 0.5) is 0 Å². The summed E-state index contributed by atoms with van der Waals surface area (Å²) in [6.07, 6.45) is 1.56. The second-order valence-electron chi connectivity index (χ2n) is 6.71. The van der Waals surface area contributed by atoms with Crippen molar-refractivity contribution in [3.8, 4) is 28.5 Å². The standard InChI is InChI=1S/C22H11Cl2N5O/c23-17-8-13(7-16-20(17)28-29-21(16)24)14-9-15-18(30)4-5-26-22(15)27-19(14)12-3-1-2-11(6-12)10-25/h1-9H,(H,28,29)(H,26,27,30).